The number of nitrogens with zero attached hydrogens (tertiary/aromatic N) is 4. The van der Waals surface area contributed by atoms with Crippen LogP contribution in [-0.4, -0.2) is 93.6 Å². The van der Waals surface area contributed by atoms with Crippen LogP contribution in [0.15, 0.2) is 66.9 Å². The topological polar surface area (TPSA) is 191 Å². The van der Waals surface area contributed by atoms with Gasteiger partial charge in [0.2, 0.25) is 27.7 Å². The molecule has 19 heteroatoms. The summed E-state index contributed by atoms with van der Waals surface area (Å²) >= 11 is 0. The molecule has 5 atom stereocenters. The number of carbonyl (C=O) groups excluding carboxylic acids is 4. The monoisotopic (exact) mass is 837 g/mol. The smallest absolute Gasteiger partial charge is 0.472 e. The van der Waals surface area contributed by atoms with Crippen molar-refractivity contribution in [3.05, 3.63) is 72.6 Å². The SMILES string of the molecule is Cn1ccc(C(=O)N[C@H]2CCCCC/C=C\[C@@H]3C[C@@]3(C(=O)NS(=O)(=O)C3CC3)NC(=O)[C@@H]3C[C@@H](Oc4nc5ccccc5c5cc(OC(F)(F)F)ccc45)CN3C2=O)n1. The first kappa shape index (κ1) is 40.1. The van der Waals surface area contributed by atoms with Gasteiger partial charge in [-0.05, 0) is 68.9 Å². The number of rotatable bonds is 8. The zero-order chi connectivity index (χ0) is 41.7. The van der Waals surface area contributed by atoms with Crippen molar-refractivity contribution in [2.24, 2.45) is 13.0 Å². The summed E-state index contributed by atoms with van der Waals surface area (Å²) in [5.41, 5.74) is -1.10. The molecule has 3 fully saturated rings. The Kier molecular flexibility index (Phi) is 10.5. The Morgan fingerprint density at radius 1 is 1.00 bits per heavy atom. The van der Waals surface area contributed by atoms with Gasteiger partial charge in [0.05, 0.1) is 17.3 Å². The molecule has 59 heavy (non-hydrogen) atoms. The first-order chi connectivity index (χ1) is 28.1. The van der Waals surface area contributed by atoms with Gasteiger partial charge in [0.25, 0.3) is 11.8 Å². The zero-order valence-electron chi connectivity index (χ0n) is 31.9. The average molecular weight is 838 g/mol. The quantitative estimate of drug-likeness (QED) is 0.172. The minimum atomic E-state index is -4.93. The van der Waals surface area contributed by atoms with Gasteiger partial charge in [-0.3, -0.25) is 28.6 Å². The second-order valence-corrected chi connectivity index (χ2v) is 17.5. The molecular formula is C40H42F3N7O8S. The van der Waals surface area contributed by atoms with Crippen molar-refractivity contribution in [3.63, 3.8) is 0 Å². The number of para-hydroxylation sites is 1. The van der Waals surface area contributed by atoms with Crippen LogP contribution in [0.4, 0.5) is 13.2 Å². The molecule has 4 amide bonds. The molecule has 2 aliphatic carbocycles. The molecule has 2 saturated carbocycles. The summed E-state index contributed by atoms with van der Waals surface area (Å²) in [5.74, 6) is -3.68. The number of nitrogens with one attached hydrogen (secondary N) is 3. The van der Waals surface area contributed by atoms with Crippen molar-refractivity contribution in [1.29, 1.82) is 0 Å². The molecule has 312 valence electrons. The predicted octanol–water partition coefficient (Wildman–Crippen LogP) is 4.17. The molecule has 0 unspecified atom stereocenters. The highest BCUT2D eigenvalue weighted by Crippen LogP contribution is 2.46. The number of hydrogen-bond donors (Lipinski definition) is 3. The van der Waals surface area contributed by atoms with E-state index in [2.05, 4.69) is 30.2 Å². The lowest BCUT2D eigenvalue weighted by Crippen LogP contribution is -2.58. The number of pyridine rings is 1. The summed E-state index contributed by atoms with van der Waals surface area (Å²) < 4.78 is 79.7. The number of halogens is 3. The van der Waals surface area contributed by atoms with Crippen LogP contribution in [0.5, 0.6) is 11.6 Å². The molecular weight excluding hydrogens is 796 g/mol. The van der Waals surface area contributed by atoms with E-state index in [1.54, 1.807) is 37.5 Å². The Bertz CT molecular complexity index is 2470. The Balaban J connectivity index is 1.13. The predicted molar refractivity (Wildman–Crippen MR) is 206 cm³/mol. The summed E-state index contributed by atoms with van der Waals surface area (Å²) in [7, 11) is -2.31. The van der Waals surface area contributed by atoms with E-state index in [1.807, 2.05) is 12.2 Å². The maximum Gasteiger partial charge on any atom is 0.573 e. The third-order valence-corrected chi connectivity index (χ3v) is 13.1. The number of carbonyl (C=O) groups is 4. The lowest BCUT2D eigenvalue weighted by atomic mass is 10.0. The van der Waals surface area contributed by atoms with Crippen LogP contribution in [0.1, 0.15) is 68.3 Å². The second kappa shape index (κ2) is 15.5. The van der Waals surface area contributed by atoms with Gasteiger partial charge < -0.3 is 25.0 Å². The lowest BCUT2D eigenvalue weighted by Gasteiger charge is -2.29. The number of fused-ring (bicyclic) bond motifs is 5. The standard InChI is InChI=1S/C40H42F3N7O8S/c1-49-18-17-31(47-49)34(51)44-32-12-6-4-2-3-5-9-23-21-39(23,38(54)48-59(55,56)26-14-15-26)46-35(52)33-20-25(22-50(33)37(32)53)57-36-28-16-13-24(58-40(41,42)43)19-29(28)27-10-7-8-11-30(27)45-36/h5,7-11,13,16-19,23,25-26,32-33H,2-4,6,12,14-15,20-22H2,1H3,(H,44,51)(H,46,52)(H,48,54)/b9-5-/t23-,25-,32+,33+,39-/m1/s1. The number of sulfonamides is 1. The summed E-state index contributed by atoms with van der Waals surface area (Å²) in [6, 6.07) is 9.72. The van der Waals surface area contributed by atoms with Gasteiger partial charge in [-0.2, -0.15) is 5.10 Å². The average Bonchev–Trinajstić information content (AvgIpc) is 4.07. The van der Waals surface area contributed by atoms with Gasteiger partial charge in [-0.25, -0.2) is 13.4 Å². The number of allylic oxidation sites excluding steroid dienone is 1. The van der Waals surface area contributed by atoms with Gasteiger partial charge in [0.1, 0.15) is 35.2 Å². The highest BCUT2D eigenvalue weighted by atomic mass is 32.2. The number of aryl methyl sites for hydroxylation is 1. The van der Waals surface area contributed by atoms with E-state index >= 15 is 0 Å². The third kappa shape index (κ3) is 8.56. The van der Waals surface area contributed by atoms with Crippen LogP contribution in [0, 0.1) is 5.92 Å². The van der Waals surface area contributed by atoms with E-state index in [9.17, 15) is 40.8 Å². The fourth-order valence-electron chi connectivity index (χ4n) is 7.96. The second-order valence-electron chi connectivity index (χ2n) is 15.6. The van der Waals surface area contributed by atoms with Crippen molar-refractivity contribution in [3.8, 4) is 11.6 Å². The summed E-state index contributed by atoms with van der Waals surface area (Å²) in [5, 5.41) is 10.3. The molecule has 0 spiro atoms. The van der Waals surface area contributed by atoms with Crippen LogP contribution < -0.4 is 24.8 Å². The molecule has 4 aromatic rings. The summed E-state index contributed by atoms with van der Waals surface area (Å²) in [6.07, 6.45) is 3.21. The van der Waals surface area contributed by atoms with E-state index in [0.717, 1.165) is 12.5 Å². The fourth-order valence-corrected chi connectivity index (χ4v) is 9.33. The Morgan fingerprint density at radius 3 is 2.54 bits per heavy atom. The summed E-state index contributed by atoms with van der Waals surface area (Å²) in [6.45, 7) is -0.170. The van der Waals surface area contributed by atoms with Crippen molar-refractivity contribution in [2.75, 3.05) is 6.54 Å². The number of amides is 4. The molecule has 2 aromatic heterocycles. The van der Waals surface area contributed by atoms with E-state index in [-0.39, 0.29) is 37.4 Å². The molecule has 2 aliphatic heterocycles. The van der Waals surface area contributed by atoms with E-state index in [0.29, 0.717) is 53.8 Å². The molecule has 15 nitrogen and oxygen atoms in total. The van der Waals surface area contributed by atoms with E-state index in [4.69, 9.17) is 4.74 Å². The molecule has 4 aliphatic rings. The van der Waals surface area contributed by atoms with Gasteiger partial charge in [-0.1, -0.05) is 43.2 Å². The summed E-state index contributed by atoms with van der Waals surface area (Å²) in [4.78, 5) is 62.3. The van der Waals surface area contributed by atoms with Crippen LogP contribution in [-0.2, 0) is 31.5 Å². The van der Waals surface area contributed by atoms with Crippen molar-refractivity contribution in [1.82, 2.24) is 35.0 Å². The lowest BCUT2D eigenvalue weighted by molar-refractivity contribution is -0.274. The Hall–Kier alpha value is -5.72. The Labute approximate surface area is 336 Å². The number of aromatic nitrogens is 3. The number of benzene rings is 2. The van der Waals surface area contributed by atoms with Gasteiger partial charge >= 0.3 is 6.36 Å². The van der Waals surface area contributed by atoms with Gasteiger partial charge in [0, 0.05) is 41.7 Å². The van der Waals surface area contributed by atoms with Crippen molar-refractivity contribution in [2.45, 2.75) is 93.1 Å². The number of hydrogen-bond acceptors (Lipinski definition) is 10. The van der Waals surface area contributed by atoms with Crippen LogP contribution >= 0.6 is 0 Å². The molecule has 2 aromatic carbocycles. The number of alkyl halides is 3. The van der Waals surface area contributed by atoms with Crippen LogP contribution in [0.3, 0.4) is 0 Å². The first-order valence-electron chi connectivity index (χ1n) is 19.5. The highest BCUT2D eigenvalue weighted by molar-refractivity contribution is 7.91. The fraction of sp³-hybridized carbons (Fsp3) is 0.450. The van der Waals surface area contributed by atoms with E-state index < -0.39 is 80.7 Å². The number of ether oxygens (including phenoxy) is 2. The molecule has 3 N–H and O–H groups in total. The van der Waals surface area contributed by atoms with Crippen LogP contribution in [0.25, 0.3) is 21.7 Å². The molecule has 0 radical (unpaired) electrons. The normalized spacial score (nSPS) is 25.9. The molecule has 1 saturated heterocycles. The maximum atomic E-state index is 14.7. The van der Waals surface area contributed by atoms with Gasteiger partial charge in [0.15, 0.2) is 0 Å². The van der Waals surface area contributed by atoms with Gasteiger partial charge in [-0.15, -0.1) is 13.2 Å². The first-order valence-corrected chi connectivity index (χ1v) is 21.1. The maximum absolute atomic E-state index is 14.7. The molecule has 8 rings (SSSR count). The highest BCUT2D eigenvalue weighted by Gasteiger charge is 2.62. The molecule has 0 bridgehead atoms. The minimum Gasteiger partial charge on any atom is -0.472 e. The third-order valence-electron chi connectivity index (χ3n) is 11.2. The van der Waals surface area contributed by atoms with E-state index in [1.165, 1.54) is 27.8 Å². The zero-order valence-corrected chi connectivity index (χ0v) is 32.7. The minimum absolute atomic E-state index is 0.0337. The largest absolute Gasteiger partial charge is 0.573 e. The van der Waals surface area contributed by atoms with Crippen LogP contribution in [0.2, 0.25) is 0 Å². The Morgan fingerprint density at radius 2 is 1.80 bits per heavy atom. The van der Waals surface area contributed by atoms with Crippen molar-refractivity contribution < 1.29 is 50.2 Å². The molecule has 4 heterocycles. The van der Waals surface area contributed by atoms with Crippen molar-refractivity contribution >= 4 is 55.3 Å².